The van der Waals surface area contributed by atoms with Crippen LogP contribution < -0.4 is 11.1 Å². The average molecular weight is 312 g/mol. The van der Waals surface area contributed by atoms with Crippen molar-refractivity contribution in [3.05, 3.63) is 35.6 Å². The summed E-state index contributed by atoms with van der Waals surface area (Å²) in [6.07, 6.45) is -0.869. The molecule has 22 heavy (non-hydrogen) atoms. The Hall–Kier alpha value is -2.15. The van der Waals surface area contributed by atoms with Crippen molar-refractivity contribution in [2.75, 3.05) is 0 Å². The van der Waals surface area contributed by atoms with Gasteiger partial charge in [0.25, 0.3) is 0 Å². The first-order valence-electron chi connectivity index (χ1n) is 6.82. The molecule has 2 atom stereocenters. The number of carboxylic acid groups (broad SMARTS) is 1. The highest BCUT2D eigenvalue weighted by atomic mass is 19.1. The number of carbonyl (C=O) groups is 2. The van der Waals surface area contributed by atoms with Gasteiger partial charge in [0, 0.05) is 6.04 Å². The number of nitrogens with one attached hydrogen (secondary N) is 1. The minimum atomic E-state index is -1.22. The Labute approximate surface area is 128 Å². The summed E-state index contributed by atoms with van der Waals surface area (Å²) in [6.45, 7) is 5.02. The summed E-state index contributed by atoms with van der Waals surface area (Å²) in [5.41, 5.74) is 5.76. The first-order chi connectivity index (χ1) is 10.1. The molecule has 0 spiro atoms. The van der Waals surface area contributed by atoms with E-state index < -0.39 is 35.6 Å². The van der Waals surface area contributed by atoms with Gasteiger partial charge in [-0.25, -0.2) is 14.0 Å². The molecule has 4 N–H and O–H groups in total. The Balaban J connectivity index is 2.70. The van der Waals surface area contributed by atoms with Gasteiger partial charge in [0.15, 0.2) is 0 Å². The van der Waals surface area contributed by atoms with E-state index in [-0.39, 0.29) is 6.42 Å². The van der Waals surface area contributed by atoms with Crippen LogP contribution in [0.25, 0.3) is 0 Å². The maximum Gasteiger partial charge on any atom is 0.408 e. The van der Waals surface area contributed by atoms with Crippen LogP contribution in [0.5, 0.6) is 0 Å². The monoisotopic (exact) mass is 312 g/mol. The minimum absolute atomic E-state index is 0.0415. The lowest BCUT2D eigenvalue weighted by Gasteiger charge is -2.23. The number of carboxylic acids is 1. The fourth-order valence-electron chi connectivity index (χ4n) is 1.77. The topological polar surface area (TPSA) is 102 Å². The summed E-state index contributed by atoms with van der Waals surface area (Å²) in [6, 6.07) is 3.59. The second-order valence-corrected chi connectivity index (χ2v) is 5.93. The number of benzene rings is 1. The van der Waals surface area contributed by atoms with Crippen LogP contribution in [-0.2, 0) is 9.53 Å². The van der Waals surface area contributed by atoms with E-state index in [0.717, 1.165) is 0 Å². The van der Waals surface area contributed by atoms with Crippen molar-refractivity contribution in [2.45, 2.75) is 44.9 Å². The van der Waals surface area contributed by atoms with Crippen molar-refractivity contribution in [1.82, 2.24) is 5.32 Å². The highest BCUT2D eigenvalue weighted by Crippen LogP contribution is 2.17. The number of nitrogens with two attached hydrogens (primary N) is 1. The van der Waals surface area contributed by atoms with Crippen LogP contribution >= 0.6 is 0 Å². The number of hydrogen-bond acceptors (Lipinski definition) is 4. The molecular weight excluding hydrogens is 291 g/mol. The molecule has 0 heterocycles. The SMILES string of the molecule is CC(C)(C)OC(=O)N[C@@H](C[C@H](N)c1ccc(F)cc1)C(=O)O. The molecule has 0 aromatic heterocycles. The van der Waals surface area contributed by atoms with Gasteiger partial charge in [-0.15, -0.1) is 0 Å². The molecular formula is C15H21FN2O4. The molecule has 0 saturated heterocycles. The van der Waals surface area contributed by atoms with Crippen LogP contribution in [0.15, 0.2) is 24.3 Å². The molecule has 0 saturated carbocycles. The third-order valence-electron chi connectivity index (χ3n) is 2.78. The maximum absolute atomic E-state index is 12.9. The lowest BCUT2D eigenvalue weighted by atomic mass is 10.0. The highest BCUT2D eigenvalue weighted by Gasteiger charge is 2.26. The van der Waals surface area contributed by atoms with Gasteiger partial charge >= 0.3 is 12.1 Å². The van der Waals surface area contributed by atoms with Crippen molar-refractivity contribution in [3.8, 4) is 0 Å². The first kappa shape index (κ1) is 17.9. The fraction of sp³-hybridized carbons (Fsp3) is 0.467. The molecule has 0 aliphatic carbocycles. The van der Waals surface area contributed by atoms with E-state index in [0.29, 0.717) is 5.56 Å². The molecule has 1 amide bonds. The van der Waals surface area contributed by atoms with Gasteiger partial charge in [0.1, 0.15) is 17.5 Å². The van der Waals surface area contributed by atoms with Gasteiger partial charge in [-0.3, -0.25) is 0 Å². The third kappa shape index (κ3) is 6.09. The largest absolute Gasteiger partial charge is 0.480 e. The smallest absolute Gasteiger partial charge is 0.408 e. The molecule has 122 valence electrons. The van der Waals surface area contributed by atoms with E-state index in [1.165, 1.54) is 24.3 Å². The molecule has 0 aliphatic rings. The summed E-state index contributed by atoms with van der Waals surface area (Å²) < 4.78 is 17.9. The molecule has 0 bridgehead atoms. The maximum atomic E-state index is 12.9. The van der Waals surface area contributed by atoms with Gasteiger partial charge in [-0.05, 0) is 44.9 Å². The quantitative estimate of drug-likeness (QED) is 0.773. The van der Waals surface area contributed by atoms with Crippen molar-refractivity contribution in [2.24, 2.45) is 5.73 Å². The van der Waals surface area contributed by atoms with Crippen LogP contribution in [0, 0.1) is 5.82 Å². The van der Waals surface area contributed by atoms with Gasteiger partial charge in [-0.1, -0.05) is 12.1 Å². The number of aliphatic carboxylic acids is 1. The molecule has 0 radical (unpaired) electrons. The number of carbonyl (C=O) groups excluding carboxylic acids is 1. The minimum Gasteiger partial charge on any atom is -0.480 e. The number of rotatable bonds is 5. The summed E-state index contributed by atoms with van der Waals surface area (Å²) >= 11 is 0. The average Bonchev–Trinajstić information content (AvgIpc) is 2.36. The Kier molecular flexibility index (Phi) is 5.87. The predicted molar refractivity (Wildman–Crippen MR) is 78.7 cm³/mol. The van der Waals surface area contributed by atoms with E-state index >= 15 is 0 Å². The summed E-state index contributed by atoms with van der Waals surface area (Å²) in [7, 11) is 0. The van der Waals surface area contributed by atoms with Crippen LogP contribution in [0.2, 0.25) is 0 Å². The summed E-state index contributed by atoms with van der Waals surface area (Å²) in [4.78, 5) is 22.9. The summed E-state index contributed by atoms with van der Waals surface area (Å²) in [5.74, 6) is -1.62. The van der Waals surface area contributed by atoms with Crippen molar-refractivity contribution >= 4 is 12.1 Å². The first-order valence-corrected chi connectivity index (χ1v) is 6.82. The van der Waals surface area contributed by atoms with Gasteiger partial charge in [0.2, 0.25) is 0 Å². The van der Waals surface area contributed by atoms with Crippen molar-refractivity contribution in [3.63, 3.8) is 0 Å². The van der Waals surface area contributed by atoms with Crippen molar-refractivity contribution < 1.29 is 23.8 Å². The molecule has 1 aromatic rings. The Morgan fingerprint density at radius 1 is 1.32 bits per heavy atom. The second-order valence-electron chi connectivity index (χ2n) is 5.93. The molecule has 1 rings (SSSR count). The van der Waals surface area contributed by atoms with E-state index in [1.807, 2.05) is 0 Å². The van der Waals surface area contributed by atoms with Crippen molar-refractivity contribution in [1.29, 1.82) is 0 Å². The number of ether oxygens (including phenoxy) is 1. The van der Waals surface area contributed by atoms with E-state index in [2.05, 4.69) is 5.32 Å². The predicted octanol–water partition coefficient (Wildman–Crippen LogP) is 2.19. The zero-order valence-corrected chi connectivity index (χ0v) is 12.8. The fourth-order valence-corrected chi connectivity index (χ4v) is 1.77. The molecule has 0 fully saturated rings. The lowest BCUT2D eigenvalue weighted by Crippen LogP contribution is -2.44. The van der Waals surface area contributed by atoms with Crippen LogP contribution in [0.3, 0.4) is 0 Å². The van der Waals surface area contributed by atoms with E-state index in [4.69, 9.17) is 10.5 Å². The van der Waals surface area contributed by atoms with Crippen LogP contribution in [0.1, 0.15) is 38.8 Å². The van der Waals surface area contributed by atoms with Gasteiger partial charge in [0.05, 0.1) is 0 Å². The molecule has 6 nitrogen and oxygen atoms in total. The third-order valence-corrected chi connectivity index (χ3v) is 2.78. The highest BCUT2D eigenvalue weighted by molar-refractivity contribution is 5.80. The number of alkyl carbamates (subject to hydrolysis) is 1. The van der Waals surface area contributed by atoms with E-state index in [1.54, 1.807) is 20.8 Å². The van der Waals surface area contributed by atoms with Gasteiger partial charge in [-0.2, -0.15) is 0 Å². The van der Waals surface area contributed by atoms with E-state index in [9.17, 15) is 19.1 Å². The molecule has 1 aromatic carbocycles. The lowest BCUT2D eigenvalue weighted by molar-refractivity contribution is -0.139. The zero-order valence-electron chi connectivity index (χ0n) is 12.8. The van der Waals surface area contributed by atoms with Crippen LogP contribution in [-0.4, -0.2) is 28.8 Å². The molecule has 0 unspecified atom stereocenters. The van der Waals surface area contributed by atoms with Gasteiger partial charge < -0.3 is 20.9 Å². The summed E-state index contributed by atoms with van der Waals surface area (Å²) in [5, 5.41) is 11.4. The Bertz CT molecular complexity index is 525. The zero-order chi connectivity index (χ0) is 16.9. The Morgan fingerprint density at radius 2 is 1.86 bits per heavy atom. The number of halogens is 1. The second kappa shape index (κ2) is 7.22. The molecule has 7 heteroatoms. The standard InChI is InChI=1S/C15H21FN2O4/c1-15(2,3)22-14(21)18-12(13(19)20)8-11(17)9-4-6-10(16)7-5-9/h4-7,11-12H,8,17H2,1-3H3,(H,18,21)(H,19,20)/t11-,12-/m0/s1. The number of hydrogen-bond donors (Lipinski definition) is 3. The normalized spacial score (nSPS) is 14.0. The molecule has 0 aliphatic heterocycles. The number of amides is 1. The van der Waals surface area contributed by atoms with Crippen LogP contribution in [0.4, 0.5) is 9.18 Å². The Morgan fingerprint density at radius 3 is 2.32 bits per heavy atom.